The van der Waals surface area contributed by atoms with Crippen LogP contribution in [0.3, 0.4) is 0 Å². The van der Waals surface area contributed by atoms with E-state index in [9.17, 15) is 4.79 Å². The molecule has 1 fully saturated rings. The van der Waals surface area contributed by atoms with Gasteiger partial charge in [0.2, 0.25) is 0 Å². The maximum Gasteiger partial charge on any atom is 0.273 e. The Kier molecular flexibility index (Phi) is 2.87. The summed E-state index contributed by atoms with van der Waals surface area (Å²) in [7, 11) is 1.89. The summed E-state index contributed by atoms with van der Waals surface area (Å²) in [5, 5.41) is 5.99. The molecule has 1 amide bonds. The standard InChI is InChI=1S/C12H14N4OS/c1-15-6-9(5-14-15)11-3-2-4-16(11)12(17)10-7-18-8-13-10/h5-8,11H,2-4H2,1H3/t11-/m0/s1. The number of rotatable bonds is 2. The summed E-state index contributed by atoms with van der Waals surface area (Å²) in [6, 6.07) is 0.146. The molecule has 1 aliphatic heterocycles. The molecule has 1 aliphatic rings. The number of aryl methyl sites for hydroxylation is 1. The van der Waals surface area contributed by atoms with Crippen molar-refractivity contribution in [3.05, 3.63) is 34.5 Å². The van der Waals surface area contributed by atoms with Crippen molar-refractivity contribution in [3.63, 3.8) is 0 Å². The maximum absolute atomic E-state index is 12.3. The first-order valence-electron chi connectivity index (χ1n) is 5.93. The van der Waals surface area contributed by atoms with Crippen LogP contribution in [0, 0.1) is 0 Å². The Balaban J connectivity index is 1.85. The lowest BCUT2D eigenvalue weighted by Gasteiger charge is -2.22. The third-order valence-corrected chi connectivity index (χ3v) is 3.86. The lowest BCUT2D eigenvalue weighted by atomic mass is 10.1. The summed E-state index contributed by atoms with van der Waals surface area (Å²) >= 11 is 1.45. The third kappa shape index (κ3) is 1.92. The molecule has 6 heteroatoms. The van der Waals surface area contributed by atoms with Crippen LogP contribution in [0.4, 0.5) is 0 Å². The summed E-state index contributed by atoms with van der Waals surface area (Å²) < 4.78 is 1.78. The quantitative estimate of drug-likeness (QED) is 0.830. The van der Waals surface area contributed by atoms with Gasteiger partial charge in [-0.1, -0.05) is 0 Å². The number of hydrogen-bond acceptors (Lipinski definition) is 4. The van der Waals surface area contributed by atoms with Gasteiger partial charge in [-0.3, -0.25) is 9.48 Å². The SMILES string of the molecule is Cn1cc([C@@H]2CCCN2C(=O)c2cscn2)cn1. The number of carbonyl (C=O) groups is 1. The number of amides is 1. The van der Waals surface area contributed by atoms with E-state index in [1.165, 1.54) is 11.3 Å². The van der Waals surface area contributed by atoms with Crippen LogP contribution in [0.25, 0.3) is 0 Å². The highest BCUT2D eigenvalue weighted by molar-refractivity contribution is 7.07. The van der Waals surface area contributed by atoms with Gasteiger partial charge in [0.05, 0.1) is 17.7 Å². The van der Waals surface area contributed by atoms with Gasteiger partial charge in [0.15, 0.2) is 0 Å². The van der Waals surface area contributed by atoms with Crippen molar-refractivity contribution in [1.29, 1.82) is 0 Å². The van der Waals surface area contributed by atoms with E-state index < -0.39 is 0 Å². The highest BCUT2D eigenvalue weighted by atomic mass is 32.1. The van der Waals surface area contributed by atoms with Gasteiger partial charge < -0.3 is 4.90 Å². The van der Waals surface area contributed by atoms with Crippen LogP contribution in [0.5, 0.6) is 0 Å². The first-order chi connectivity index (χ1) is 8.75. The lowest BCUT2D eigenvalue weighted by molar-refractivity contribution is 0.0730. The second-order valence-electron chi connectivity index (χ2n) is 4.48. The van der Waals surface area contributed by atoms with Crippen molar-refractivity contribution < 1.29 is 4.79 Å². The van der Waals surface area contributed by atoms with E-state index in [0.29, 0.717) is 5.69 Å². The van der Waals surface area contributed by atoms with Gasteiger partial charge in [0.1, 0.15) is 5.69 Å². The van der Waals surface area contributed by atoms with Gasteiger partial charge in [0.25, 0.3) is 5.91 Å². The summed E-state index contributed by atoms with van der Waals surface area (Å²) in [4.78, 5) is 18.4. The Bertz CT molecular complexity index is 548. The molecule has 94 valence electrons. The third-order valence-electron chi connectivity index (χ3n) is 3.27. The number of thiazole rings is 1. The average molecular weight is 262 g/mol. The van der Waals surface area contributed by atoms with Crippen molar-refractivity contribution in [2.75, 3.05) is 6.54 Å². The number of carbonyl (C=O) groups excluding carboxylic acids is 1. The van der Waals surface area contributed by atoms with Crippen molar-refractivity contribution >= 4 is 17.2 Å². The molecule has 3 heterocycles. The van der Waals surface area contributed by atoms with Crippen LogP contribution in [0.2, 0.25) is 0 Å². The molecule has 18 heavy (non-hydrogen) atoms. The van der Waals surface area contributed by atoms with Crippen molar-refractivity contribution in [2.45, 2.75) is 18.9 Å². The zero-order valence-corrected chi connectivity index (χ0v) is 10.9. The molecule has 1 atom stereocenters. The summed E-state index contributed by atoms with van der Waals surface area (Å²) in [5.41, 5.74) is 3.36. The van der Waals surface area contributed by atoms with E-state index in [1.807, 2.05) is 24.3 Å². The first-order valence-corrected chi connectivity index (χ1v) is 6.87. The van der Waals surface area contributed by atoms with Gasteiger partial charge in [-0.05, 0) is 12.8 Å². The van der Waals surface area contributed by atoms with Gasteiger partial charge in [-0.25, -0.2) is 4.98 Å². The van der Waals surface area contributed by atoms with Crippen molar-refractivity contribution in [3.8, 4) is 0 Å². The minimum absolute atomic E-state index is 0.0302. The fourth-order valence-electron chi connectivity index (χ4n) is 2.43. The second kappa shape index (κ2) is 4.53. The van der Waals surface area contributed by atoms with E-state index in [2.05, 4.69) is 10.1 Å². The summed E-state index contributed by atoms with van der Waals surface area (Å²) in [6.45, 7) is 0.802. The van der Waals surface area contributed by atoms with Gasteiger partial charge in [-0.15, -0.1) is 11.3 Å². The Morgan fingerprint density at radius 2 is 2.44 bits per heavy atom. The zero-order chi connectivity index (χ0) is 12.5. The molecule has 0 bridgehead atoms. The van der Waals surface area contributed by atoms with Crippen LogP contribution >= 0.6 is 11.3 Å². The van der Waals surface area contributed by atoms with Gasteiger partial charge >= 0.3 is 0 Å². The van der Waals surface area contributed by atoms with Crippen LogP contribution in [0.1, 0.15) is 34.9 Å². The van der Waals surface area contributed by atoms with E-state index in [-0.39, 0.29) is 11.9 Å². The minimum atomic E-state index is 0.0302. The van der Waals surface area contributed by atoms with Gasteiger partial charge in [0, 0.05) is 30.7 Å². The number of nitrogens with zero attached hydrogens (tertiary/aromatic N) is 4. The fourth-order valence-corrected chi connectivity index (χ4v) is 2.96. The number of hydrogen-bond donors (Lipinski definition) is 0. The van der Waals surface area contributed by atoms with Crippen LogP contribution in [0.15, 0.2) is 23.3 Å². The van der Waals surface area contributed by atoms with Crippen molar-refractivity contribution in [1.82, 2.24) is 19.7 Å². The predicted molar refractivity (Wildman–Crippen MR) is 68.3 cm³/mol. The first kappa shape index (κ1) is 11.4. The lowest BCUT2D eigenvalue weighted by Crippen LogP contribution is -2.30. The predicted octanol–water partition coefficient (Wildman–Crippen LogP) is 1.85. The molecule has 3 rings (SSSR count). The topological polar surface area (TPSA) is 51.0 Å². The Morgan fingerprint density at radius 3 is 3.11 bits per heavy atom. The molecule has 0 aromatic carbocycles. The van der Waals surface area contributed by atoms with Crippen LogP contribution in [-0.4, -0.2) is 32.1 Å². The monoisotopic (exact) mass is 262 g/mol. The summed E-state index contributed by atoms with van der Waals surface area (Å²) in [5.74, 6) is 0.0302. The molecule has 2 aromatic heterocycles. The van der Waals surface area contributed by atoms with E-state index in [4.69, 9.17) is 0 Å². The molecular formula is C12H14N4OS. The minimum Gasteiger partial charge on any atom is -0.330 e. The van der Waals surface area contributed by atoms with Gasteiger partial charge in [-0.2, -0.15) is 5.10 Å². The van der Waals surface area contributed by atoms with E-state index >= 15 is 0 Å². The molecule has 0 aliphatic carbocycles. The largest absolute Gasteiger partial charge is 0.330 e. The Labute approximate surface area is 109 Å². The molecule has 0 N–H and O–H groups in total. The molecule has 0 spiro atoms. The van der Waals surface area contributed by atoms with Crippen LogP contribution in [-0.2, 0) is 7.05 Å². The zero-order valence-electron chi connectivity index (χ0n) is 10.1. The number of likely N-dealkylation sites (tertiary alicyclic amines) is 1. The van der Waals surface area contributed by atoms with E-state index in [1.54, 1.807) is 15.6 Å². The number of aromatic nitrogens is 3. The normalized spacial score (nSPS) is 19.4. The molecule has 0 radical (unpaired) electrons. The fraction of sp³-hybridized carbons (Fsp3) is 0.417. The molecule has 1 saturated heterocycles. The van der Waals surface area contributed by atoms with Crippen LogP contribution < -0.4 is 0 Å². The Hall–Kier alpha value is -1.69. The molecule has 0 unspecified atom stereocenters. The molecule has 5 nitrogen and oxygen atoms in total. The van der Waals surface area contributed by atoms with Crippen molar-refractivity contribution in [2.24, 2.45) is 7.05 Å². The van der Waals surface area contributed by atoms with E-state index in [0.717, 1.165) is 24.9 Å². The highest BCUT2D eigenvalue weighted by Gasteiger charge is 2.31. The molecule has 0 saturated carbocycles. The summed E-state index contributed by atoms with van der Waals surface area (Å²) in [6.07, 6.45) is 5.87. The Morgan fingerprint density at radius 1 is 1.56 bits per heavy atom. The molecule has 2 aromatic rings. The second-order valence-corrected chi connectivity index (χ2v) is 5.20. The molecular weight excluding hydrogens is 248 g/mol. The highest BCUT2D eigenvalue weighted by Crippen LogP contribution is 2.32. The smallest absolute Gasteiger partial charge is 0.273 e. The maximum atomic E-state index is 12.3. The average Bonchev–Trinajstić information content (AvgIpc) is 3.09.